The molecule has 0 aromatic carbocycles. The number of hydrogen-bond donors (Lipinski definition) is 2. The van der Waals surface area contributed by atoms with Gasteiger partial charge in [0.25, 0.3) is 0 Å². The lowest BCUT2D eigenvalue weighted by molar-refractivity contribution is -0.122. The van der Waals surface area contributed by atoms with Crippen LogP contribution >= 0.6 is 0 Å². The van der Waals surface area contributed by atoms with Crippen molar-refractivity contribution in [3.8, 4) is 0 Å². The van der Waals surface area contributed by atoms with Crippen LogP contribution in [0, 0.1) is 11.8 Å². The summed E-state index contributed by atoms with van der Waals surface area (Å²) in [5.41, 5.74) is 0. The fourth-order valence-corrected chi connectivity index (χ4v) is 4.39. The Morgan fingerprint density at radius 3 is 2.37 bits per heavy atom. The van der Waals surface area contributed by atoms with Crippen LogP contribution in [0.2, 0.25) is 0 Å². The van der Waals surface area contributed by atoms with Crippen molar-refractivity contribution in [2.24, 2.45) is 11.8 Å². The summed E-state index contributed by atoms with van der Waals surface area (Å²) in [5.74, 6) is 1.81. The first-order valence-corrected chi connectivity index (χ1v) is 8.32. The molecule has 1 saturated carbocycles. The second kappa shape index (κ2) is 6.25. The van der Waals surface area contributed by atoms with Gasteiger partial charge in [0.05, 0.1) is 0 Å². The first-order chi connectivity index (χ1) is 9.29. The number of nitrogens with one attached hydrogen (secondary N) is 2. The molecule has 2 aliphatic heterocycles. The van der Waals surface area contributed by atoms with Gasteiger partial charge in [0.1, 0.15) is 0 Å². The average Bonchev–Trinajstić information content (AvgIpc) is 2.99. The smallest absolute Gasteiger partial charge is 0.220 e. The van der Waals surface area contributed by atoms with Crippen LogP contribution in [0.3, 0.4) is 0 Å². The largest absolute Gasteiger partial charge is 0.356 e. The summed E-state index contributed by atoms with van der Waals surface area (Å²) < 4.78 is 0. The Morgan fingerprint density at radius 1 is 1.00 bits per heavy atom. The van der Waals surface area contributed by atoms with Crippen molar-refractivity contribution in [1.29, 1.82) is 0 Å². The third-order valence-corrected chi connectivity index (χ3v) is 5.39. The molecule has 3 fully saturated rings. The Balaban J connectivity index is 1.32. The number of rotatable bonds is 5. The molecule has 0 spiro atoms. The Morgan fingerprint density at radius 2 is 1.68 bits per heavy atom. The van der Waals surface area contributed by atoms with Gasteiger partial charge in [0, 0.05) is 25.0 Å². The summed E-state index contributed by atoms with van der Waals surface area (Å²) in [6, 6.07) is 1.41. The van der Waals surface area contributed by atoms with Gasteiger partial charge in [-0.05, 0) is 43.9 Å². The van der Waals surface area contributed by atoms with Crippen molar-refractivity contribution in [3.05, 3.63) is 0 Å². The van der Waals surface area contributed by atoms with Crippen molar-refractivity contribution in [3.63, 3.8) is 0 Å². The number of amides is 1. The van der Waals surface area contributed by atoms with E-state index in [0.29, 0.717) is 23.9 Å². The van der Waals surface area contributed by atoms with Gasteiger partial charge in [-0.25, -0.2) is 0 Å². The van der Waals surface area contributed by atoms with E-state index >= 15 is 0 Å². The van der Waals surface area contributed by atoms with E-state index in [4.69, 9.17) is 0 Å². The van der Waals surface area contributed by atoms with Gasteiger partial charge >= 0.3 is 0 Å². The summed E-state index contributed by atoms with van der Waals surface area (Å²) in [6.45, 7) is 0.904. The number of fused-ring (bicyclic) bond motifs is 2. The minimum absolute atomic E-state index is 0.296. The van der Waals surface area contributed by atoms with Crippen LogP contribution < -0.4 is 10.6 Å². The van der Waals surface area contributed by atoms with Crippen molar-refractivity contribution < 1.29 is 4.79 Å². The van der Waals surface area contributed by atoms with Crippen LogP contribution in [0.1, 0.15) is 64.2 Å². The highest BCUT2D eigenvalue weighted by Crippen LogP contribution is 2.32. The molecule has 0 radical (unpaired) electrons. The molecule has 2 heterocycles. The predicted molar refractivity (Wildman–Crippen MR) is 76.9 cm³/mol. The molecule has 1 aliphatic carbocycles. The summed E-state index contributed by atoms with van der Waals surface area (Å²) >= 11 is 0. The Labute approximate surface area is 116 Å². The maximum absolute atomic E-state index is 12.0. The maximum Gasteiger partial charge on any atom is 0.220 e. The highest BCUT2D eigenvalue weighted by molar-refractivity contribution is 5.76. The van der Waals surface area contributed by atoms with E-state index in [9.17, 15) is 4.79 Å². The zero-order valence-corrected chi connectivity index (χ0v) is 12.0. The lowest BCUT2D eigenvalue weighted by Crippen LogP contribution is -2.39. The van der Waals surface area contributed by atoms with Crippen molar-refractivity contribution in [2.75, 3.05) is 6.54 Å². The zero-order chi connectivity index (χ0) is 13.1. The maximum atomic E-state index is 12.0. The third-order valence-electron chi connectivity index (χ3n) is 5.39. The second-order valence-corrected chi connectivity index (χ2v) is 6.97. The van der Waals surface area contributed by atoms with E-state index in [1.165, 1.54) is 57.8 Å². The first kappa shape index (κ1) is 13.4. The molecular weight excluding hydrogens is 236 g/mol. The second-order valence-electron chi connectivity index (χ2n) is 6.97. The molecule has 3 nitrogen and oxygen atoms in total. The number of carbonyl (C=O) groups excluding carboxylic acids is 1. The molecule has 3 heteroatoms. The Hall–Kier alpha value is -0.570. The van der Waals surface area contributed by atoms with E-state index in [1.807, 2.05) is 0 Å². The zero-order valence-electron chi connectivity index (χ0n) is 12.0. The van der Waals surface area contributed by atoms with E-state index in [0.717, 1.165) is 18.9 Å². The molecule has 2 atom stereocenters. The molecule has 2 unspecified atom stereocenters. The topological polar surface area (TPSA) is 41.1 Å². The number of carbonyl (C=O) groups is 1. The Bertz CT molecular complexity index is 300. The summed E-state index contributed by atoms with van der Waals surface area (Å²) in [5, 5.41) is 6.79. The molecule has 0 aromatic rings. The van der Waals surface area contributed by atoms with Gasteiger partial charge in [-0.2, -0.15) is 0 Å². The van der Waals surface area contributed by atoms with Crippen LogP contribution in [-0.4, -0.2) is 24.5 Å². The van der Waals surface area contributed by atoms with E-state index < -0.39 is 0 Å². The van der Waals surface area contributed by atoms with Crippen molar-refractivity contribution in [1.82, 2.24) is 10.6 Å². The fourth-order valence-electron chi connectivity index (χ4n) is 4.39. The standard InChI is InChI=1S/C16H28N2O/c19-16(17-8-7-12-3-1-2-4-12)11-13-9-14-5-6-15(10-13)18-14/h12-15,18H,1-11H2,(H,17,19). The van der Waals surface area contributed by atoms with Gasteiger partial charge in [-0.3, -0.25) is 4.79 Å². The number of hydrogen-bond acceptors (Lipinski definition) is 2. The quantitative estimate of drug-likeness (QED) is 0.801. The molecule has 2 N–H and O–H groups in total. The molecule has 3 rings (SSSR count). The van der Waals surface area contributed by atoms with Gasteiger partial charge in [-0.15, -0.1) is 0 Å². The Kier molecular flexibility index (Phi) is 4.42. The number of piperidine rings is 1. The van der Waals surface area contributed by atoms with Crippen LogP contribution in [0.15, 0.2) is 0 Å². The van der Waals surface area contributed by atoms with E-state index in [1.54, 1.807) is 0 Å². The molecule has 0 aromatic heterocycles. The molecule has 3 aliphatic rings. The molecular formula is C16H28N2O. The molecule has 2 saturated heterocycles. The van der Waals surface area contributed by atoms with E-state index in [2.05, 4.69) is 10.6 Å². The van der Waals surface area contributed by atoms with Crippen molar-refractivity contribution >= 4 is 5.91 Å². The van der Waals surface area contributed by atoms with Gasteiger partial charge < -0.3 is 10.6 Å². The normalized spacial score (nSPS) is 34.6. The van der Waals surface area contributed by atoms with Gasteiger partial charge in [0.2, 0.25) is 5.91 Å². The first-order valence-electron chi connectivity index (χ1n) is 8.32. The van der Waals surface area contributed by atoms with Crippen LogP contribution in [0.4, 0.5) is 0 Å². The third kappa shape index (κ3) is 3.71. The van der Waals surface area contributed by atoms with Gasteiger partial charge in [-0.1, -0.05) is 25.7 Å². The minimum Gasteiger partial charge on any atom is -0.356 e. The summed E-state index contributed by atoms with van der Waals surface area (Å²) in [4.78, 5) is 12.0. The monoisotopic (exact) mass is 264 g/mol. The van der Waals surface area contributed by atoms with Gasteiger partial charge in [0.15, 0.2) is 0 Å². The predicted octanol–water partition coefficient (Wildman–Crippen LogP) is 2.60. The van der Waals surface area contributed by atoms with Crippen LogP contribution in [0.25, 0.3) is 0 Å². The SMILES string of the molecule is O=C(CC1CC2CCC(C1)N2)NCCC1CCCC1. The van der Waals surface area contributed by atoms with E-state index in [-0.39, 0.29) is 0 Å². The highest BCUT2D eigenvalue weighted by atomic mass is 16.1. The summed E-state index contributed by atoms with van der Waals surface area (Å²) in [7, 11) is 0. The fraction of sp³-hybridized carbons (Fsp3) is 0.938. The highest BCUT2D eigenvalue weighted by Gasteiger charge is 2.34. The molecule has 1 amide bonds. The minimum atomic E-state index is 0.296. The van der Waals surface area contributed by atoms with Crippen molar-refractivity contribution in [2.45, 2.75) is 76.3 Å². The molecule has 108 valence electrons. The van der Waals surface area contributed by atoms with Crippen LogP contribution in [0.5, 0.6) is 0 Å². The molecule has 19 heavy (non-hydrogen) atoms. The average molecular weight is 264 g/mol. The molecule has 2 bridgehead atoms. The lowest BCUT2D eigenvalue weighted by Gasteiger charge is -2.28. The lowest BCUT2D eigenvalue weighted by atomic mass is 9.89. The van der Waals surface area contributed by atoms with Crippen LogP contribution in [-0.2, 0) is 4.79 Å². The summed E-state index contributed by atoms with van der Waals surface area (Å²) in [6.07, 6.45) is 12.6.